The zero-order chi connectivity index (χ0) is 15.5. The Morgan fingerprint density at radius 1 is 1.41 bits per heavy atom. The van der Waals surface area contributed by atoms with Gasteiger partial charge in [-0.05, 0) is 30.5 Å². The number of rotatable bonds is 6. The number of hydrogen-bond donors (Lipinski definition) is 2. The van der Waals surface area contributed by atoms with Crippen molar-refractivity contribution in [3.8, 4) is 0 Å². The lowest BCUT2D eigenvalue weighted by Gasteiger charge is -2.06. The fourth-order valence-corrected chi connectivity index (χ4v) is 2.87. The summed E-state index contributed by atoms with van der Waals surface area (Å²) in [7, 11) is 0. The van der Waals surface area contributed by atoms with Crippen LogP contribution in [-0.2, 0) is 11.3 Å². The summed E-state index contributed by atoms with van der Waals surface area (Å²) >= 11 is 1.23. The van der Waals surface area contributed by atoms with E-state index >= 15 is 0 Å². The topological polar surface area (TPSA) is 79.8 Å². The van der Waals surface area contributed by atoms with Gasteiger partial charge in [0.25, 0.3) is 0 Å². The number of H-pyrrole nitrogens is 1. The smallest absolute Gasteiger partial charge is 0.344 e. The monoisotopic (exact) mass is 322 g/mol. The Balaban J connectivity index is 1.50. The molecule has 0 radical (unpaired) electrons. The molecule has 1 heterocycles. The molecule has 1 saturated carbocycles. The number of halogens is 1. The van der Waals surface area contributed by atoms with Gasteiger partial charge in [-0.25, -0.2) is 14.3 Å². The molecule has 116 valence electrons. The lowest BCUT2D eigenvalue weighted by atomic mass is 10.2. The van der Waals surface area contributed by atoms with E-state index in [0.29, 0.717) is 11.7 Å². The van der Waals surface area contributed by atoms with E-state index in [1.54, 1.807) is 16.7 Å². The van der Waals surface area contributed by atoms with Gasteiger partial charge < -0.3 is 5.32 Å². The number of benzene rings is 1. The first-order chi connectivity index (χ1) is 10.6. The third-order valence-corrected chi connectivity index (χ3v) is 4.27. The van der Waals surface area contributed by atoms with E-state index in [-0.39, 0.29) is 29.2 Å². The van der Waals surface area contributed by atoms with Crippen LogP contribution in [0, 0.1) is 5.82 Å². The molecule has 2 aromatic rings. The highest BCUT2D eigenvalue weighted by Crippen LogP contribution is 2.35. The molecule has 8 heteroatoms. The SMILES string of the molecule is O=C(CSc1n[nH]c(=O)n1C1CC1)NCc1ccc(F)cc1. The molecule has 0 aliphatic heterocycles. The van der Waals surface area contributed by atoms with Gasteiger partial charge in [0.2, 0.25) is 5.91 Å². The minimum Gasteiger partial charge on any atom is -0.351 e. The first-order valence-corrected chi connectivity index (χ1v) is 7.93. The molecule has 0 atom stereocenters. The van der Waals surface area contributed by atoms with Crippen LogP contribution in [0.1, 0.15) is 24.4 Å². The van der Waals surface area contributed by atoms with Crippen molar-refractivity contribution in [1.82, 2.24) is 20.1 Å². The second kappa shape index (κ2) is 6.35. The predicted octanol–water partition coefficient (Wildman–Crippen LogP) is 1.45. The van der Waals surface area contributed by atoms with Gasteiger partial charge in [-0.3, -0.25) is 9.36 Å². The molecule has 0 saturated heterocycles. The Bertz CT molecular complexity index is 721. The number of nitrogens with one attached hydrogen (secondary N) is 2. The van der Waals surface area contributed by atoms with Crippen molar-refractivity contribution in [2.24, 2.45) is 0 Å². The summed E-state index contributed by atoms with van der Waals surface area (Å²) in [5.74, 6) is -0.285. The quantitative estimate of drug-likeness (QED) is 0.789. The highest BCUT2D eigenvalue weighted by atomic mass is 32.2. The van der Waals surface area contributed by atoms with Crippen molar-refractivity contribution in [3.05, 3.63) is 46.1 Å². The summed E-state index contributed by atoms with van der Waals surface area (Å²) in [4.78, 5) is 23.4. The van der Waals surface area contributed by atoms with Crippen molar-refractivity contribution < 1.29 is 9.18 Å². The maximum atomic E-state index is 12.8. The maximum absolute atomic E-state index is 12.8. The molecule has 6 nitrogen and oxygen atoms in total. The van der Waals surface area contributed by atoms with Crippen LogP contribution in [-0.4, -0.2) is 26.4 Å². The van der Waals surface area contributed by atoms with E-state index in [1.807, 2.05) is 0 Å². The number of carbonyl (C=O) groups excluding carboxylic acids is 1. The number of nitrogens with zero attached hydrogens (tertiary/aromatic N) is 2. The van der Waals surface area contributed by atoms with E-state index in [1.165, 1.54) is 23.9 Å². The first-order valence-electron chi connectivity index (χ1n) is 6.94. The van der Waals surface area contributed by atoms with Gasteiger partial charge in [-0.15, -0.1) is 5.10 Å². The van der Waals surface area contributed by atoms with Gasteiger partial charge in [-0.2, -0.15) is 0 Å². The molecule has 1 aliphatic carbocycles. The standard InChI is InChI=1S/C14H15FN4O2S/c15-10-3-1-9(2-4-10)7-16-12(20)8-22-14-18-17-13(21)19(14)11-5-6-11/h1-4,11H,5-8H2,(H,16,20)(H,17,21). The third kappa shape index (κ3) is 3.56. The van der Waals surface area contributed by atoms with Crippen LogP contribution in [0.25, 0.3) is 0 Å². The Kier molecular flexibility index (Phi) is 4.28. The van der Waals surface area contributed by atoms with Crippen molar-refractivity contribution in [1.29, 1.82) is 0 Å². The van der Waals surface area contributed by atoms with Crippen LogP contribution in [0.4, 0.5) is 4.39 Å². The molecular formula is C14H15FN4O2S. The first kappa shape index (κ1) is 14.8. The lowest BCUT2D eigenvalue weighted by molar-refractivity contribution is -0.118. The molecule has 0 bridgehead atoms. The highest BCUT2D eigenvalue weighted by molar-refractivity contribution is 7.99. The van der Waals surface area contributed by atoms with Crippen molar-refractivity contribution in [2.45, 2.75) is 30.6 Å². The van der Waals surface area contributed by atoms with Crippen molar-refractivity contribution in [2.75, 3.05) is 5.75 Å². The van der Waals surface area contributed by atoms with Crippen LogP contribution < -0.4 is 11.0 Å². The zero-order valence-corrected chi connectivity index (χ0v) is 12.5. The molecule has 0 unspecified atom stereocenters. The van der Waals surface area contributed by atoms with E-state index in [0.717, 1.165) is 18.4 Å². The molecule has 0 spiro atoms. The van der Waals surface area contributed by atoms with E-state index in [2.05, 4.69) is 15.5 Å². The molecule has 1 aliphatic rings. The summed E-state index contributed by atoms with van der Waals surface area (Å²) < 4.78 is 14.4. The number of amides is 1. The van der Waals surface area contributed by atoms with Crippen molar-refractivity contribution >= 4 is 17.7 Å². The number of aromatic amines is 1. The Morgan fingerprint density at radius 3 is 2.82 bits per heavy atom. The Labute approximate surface area is 130 Å². The van der Waals surface area contributed by atoms with Gasteiger partial charge in [0.1, 0.15) is 5.82 Å². The number of thioether (sulfide) groups is 1. The average Bonchev–Trinajstić information content (AvgIpc) is 3.28. The Hall–Kier alpha value is -2.09. The summed E-state index contributed by atoms with van der Waals surface area (Å²) in [6, 6.07) is 6.18. The average molecular weight is 322 g/mol. The number of hydrogen-bond acceptors (Lipinski definition) is 4. The van der Waals surface area contributed by atoms with Crippen LogP contribution in [0.3, 0.4) is 0 Å². The molecule has 1 fully saturated rings. The molecule has 22 heavy (non-hydrogen) atoms. The summed E-state index contributed by atoms with van der Waals surface area (Å²) in [6.45, 7) is 0.343. The van der Waals surface area contributed by atoms with Gasteiger partial charge in [-0.1, -0.05) is 23.9 Å². The summed E-state index contributed by atoms with van der Waals surface area (Å²) in [5.41, 5.74) is 0.603. The van der Waals surface area contributed by atoms with E-state index in [9.17, 15) is 14.0 Å². The van der Waals surface area contributed by atoms with Gasteiger partial charge in [0.05, 0.1) is 5.75 Å². The predicted molar refractivity (Wildman–Crippen MR) is 80.1 cm³/mol. The maximum Gasteiger partial charge on any atom is 0.344 e. The van der Waals surface area contributed by atoms with Crippen LogP contribution >= 0.6 is 11.8 Å². The molecule has 2 N–H and O–H groups in total. The fraction of sp³-hybridized carbons (Fsp3) is 0.357. The molecular weight excluding hydrogens is 307 g/mol. The second-order valence-corrected chi connectivity index (χ2v) is 6.05. The largest absolute Gasteiger partial charge is 0.351 e. The van der Waals surface area contributed by atoms with Gasteiger partial charge in [0.15, 0.2) is 5.16 Å². The molecule has 1 amide bonds. The molecule has 1 aromatic heterocycles. The third-order valence-electron chi connectivity index (χ3n) is 3.32. The second-order valence-electron chi connectivity index (χ2n) is 5.10. The van der Waals surface area contributed by atoms with Crippen molar-refractivity contribution in [3.63, 3.8) is 0 Å². The number of aromatic nitrogens is 3. The lowest BCUT2D eigenvalue weighted by Crippen LogP contribution is -2.25. The van der Waals surface area contributed by atoms with E-state index in [4.69, 9.17) is 0 Å². The van der Waals surface area contributed by atoms with Gasteiger partial charge >= 0.3 is 5.69 Å². The van der Waals surface area contributed by atoms with Crippen LogP contribution in [0.5, 0.6) is 0 Å². The normalized spacial score (nSPS) is 14.0. The molecule has 3 rings (SSSR count). The minimum atomic E-state index is -0.304. The summed E-state index contributed by atoms with van der Waals surface area (Å²) in [6.07, 6.45) is 1.95. The van der Waals surface area contributed by atoms with E-state index < -0.39 is 0 Å². The Morgan fingerprint density at radius 2 is 2.14 bits per heavy atom. The minimum absolute atomic E-state index is 0.160. The fourth-order valence-electron chi connectivity index (χ4n) is 2.03. The van der Waals surface area contributed by atoms with Gasteiger partial charge in [0, 0.05) is 12.6 Å². The summed E-state index contributed by atoms with van der Waals surface area (Å²) in [5, 5.41) is 9.66. The van der Waals surface area contributed by atoms with Crippen LogP contribution in [0.2, 0.25) is 0 Å². The zero-order valence-electron chi connectivity index (χ0n) is 11.7. The van der Waals surface area contributed by atoms with Crippen LogP contribution in [0.15, 0.2) is 34.2 Å². The highest BCUT2D eigenvalue weighted by Gasteiger charge is 2.28. The molecule has 1 aromatic carbocycles. The number of carbonyl (C=O) groups is 1.